The Bertz CT molecular complexity index is 854. The van der Waals surface area contributed by atoms with E-state index in [1.807, 2.05) is 48.2 Å². The highest BCUT2D eigenvalue weighted by Gasteiger charge is 2.32. The van der Waals surface area contributed by atoms with Crippen LogP contribution in [0.25, 0.3) is 0 Å². The molecule has 1 heterocycles. The summed E-state index contributed by atoms with van der Waals surface area (Å²) in [5.41, 5.74) is 2.98. The van der Waals surface area contributed by atoms with Gasteiger partial charge in [0.25, 0.3) is 0 Å². The summed E-state index contributed by atoms with van der Waals surface area (Å²) in [6.07, 6.45) is 3.49. The Kier molecular flexibility index (Phi) is 7.85. The lowest BCUT2D eigenvalue weighted by molar-refractivity contribution is -0.124. The molecule has 2 aromatic carbocycles. The van der Waals surface area contributed by atoms with Gasteiger partial charge in [0.1, 0.15) is 5.75 Å². The van der Waals surface area contributed by atoms with E-state index in [1.54, 1.807) is 7.11 Å². The van der Waals surface area contributed by atoms with Gasteiger partial charge in [-0.1, -0.05) is 36.4 Å². The van der Waals surface area contributed by atoms with Gasteiger partial charge in [-0.3, -0.25) is 14.5 Å². The summed E-state index contributed by atoms with van der Waals surface area (Å²) in [6, 6.07) is 15.6. The highest BCUT2D eigenvalue weighted by atomic mass is 16.5. The Hall–Kier alpha value is -2.86. The number of aryl methyl sites for hydroxylation is 2. The summed E-state index contributed by atoms with van der Waals surface area (Å²) in [6.45, 7) is 3.60. The highest BCUT2D eigenvalue weighted by molar-refractivity contribution is 5.96. The molecule has 1 saturated heterocycles. The number of carbonyl (C=O) groups is 2. The Morgan fingerprint density at radius 3 is 2.73 bits per heavy atom. The van der Waals surface area contributed by atoms with Gasteiger partial charge in [0.15, 0.2) is 0 Å². The second-order valence-corrected chi connectivity index (χ2v) is 7.76. The molecule has 1 aliphatic rings. The van der Waals surface area contributed by atoms with Gasteiger partial charge in [-0.2, -0.15) is 0 Å². The van der Waals surface area contributed by atoms with Crippen LogP contribution in [0.3, 0.4) is 0 Å². The van der Waals surface area contributed by atoms with Crippen LogP contribution in [0.15, 0.2) is 48.5 Å². The molecule has 30 heavy (non-hydrogen) atoms. The largest absolute Gasteiger partial charge is 0.495 e. The first-order valence-electron chi connectivity index (χ1n) is 10.6. The van der Waals surface area contributed by atoms with Crippen molar-refractivity contribution in [3.05, 3.63) is 59.7 Å². The topological polar surface area (TPSA) is 70.7 Å². The highest BCUT2D eigenvalue weighted by Crippen LogP contribution is 2.27. The lowest BCUT2D eigenvalue weighted by atomic mass is 10.1. The van der Waals surface area contributed by atoms with Crippen LogP contribution in [0.1, 0.15) is 30.4 Å². The van der Waals surface area contributed by atoms with Crippen LogP contribution in [-0.4, -0.2) is 49.5 Å². The molecule has 1 aliphatic heterocycles. The first-order chi connectivity index (χ1) is 14.6. The number of benzene rings is 2. The summed E-state index contributed by atoms with van der Waals surface area (Å²) in [5, 5.41) is 5.96. The molecule has 1 atom stereocenters. The summed E-state index contributed by atoms with van der Waals surface area (Å²) >= 11 is 0. The Morgan fingerprint density at radius 1 is 1.17 bits per heavy atom. The minimum absolute atomic E-state index is 0.0316. The molecule has 0 aliphatic carbocycles. The monoisotopic (exact) mass is 409 g/mol. The first kappa shape index (κ1) is 21.8. The fourth-order valence-electron chi connectivity index (χ4n) is 3.85. The molecule has 2 N–H and O–H groups in total. The smallest absolute Gasteiger partial charge is 0.241 e. The number of hydrogen-bond acceptors (Lipinski definition) is 4. The number of nitrogens with one attached hydrogen (secondary N) is 2. The van der Waals surface area contributed by atoms with Crippen molar-refractivity contribution in [3.8, 4) is 5.75 Å². The second kappa shape index (κ2) is 10.8. The average molecular weight is 410 g/mol. The standard InChI is InChI=1S/C24H31N3O3/c1-18-12-13-22(30-2)20(16-18)26-24(29)21-11-7-15-27(21)17-23(28)25-14-6-10-19-8-4-3-5-9-19/h3-5,8-9,12-13,16,21H,6-7,10-11,14-15,17H2,1-2H3,(H,25,28)(H,26,29). The number of hydrogen-bond donors (Lipinski definition) is 2. The van der Waals surface area contributed by atoms with Crippen molar-refractivity contribution >= 4 is 17.5 Å². The van der Waals surface area contributed by atoms with Crippen molar-refractivity contribution in [2.45, 2.75) is 38.6 Å². The van der Waals surface area contributed by atoms with E-state index in [2.05, 4.69) is 22.8 Å². The van der Waals surface area contributed by atoms with Gasteiger partial charge >= 0.3 is 0 Å². The average Bonchev–Trinajstić information content (AvgIpc) is 3.20. The third-order valence-corrected chi connectivity index (χ3v) is 5.43. The molecular formula is C24H31N3O3. The van der Waals surface area contributed by atoms with Crippen LogP contribution in [0.5, 0.6) is 5.75 Å². The zero-order chi connectivity index (χ0) is 21.3. The molecule has 0 aromatic heterocycles. The van der Waals surface area contributed by atoms with E-state index >= 15 is 0 Å². The zero-order valence-electron chi connectivity index (χ0n) is 17.8. The van der Waals surface area contributed by atoms with E-state index in [9.17, 15) is 9.59 Å². The predicted molar refractivity (Wildman–Crippen MR) is 119 cm³/mol. The number of anilines is 1. The van der Waals surface area contributed by atoms with Gasteiger partial charge in [0.2, 0.25) is 11.8 Å². The molecule has 2 amide bonds. The minimum atomic E-state index is -0.301. The Morgan fingerprint density at radius 2 is 1.97 bits per heavy atom. The van der Waals surface area contributed by atoms with E-state index in [1.165, 1.54) is 5.56 Å². The number of amides is 2. The van der Waals surface area contributed by atoms with Crippen LogP contribution in [-0.2, 0) is 16.0 Å². The van der Waals surface area contributed by atoms with E-state index in [4.69, 9.17) is 4.74 Å². The maximum Gasteiger partial charge on any atom is 0.241 e. The van der Waals surface area contributed by atoms with Crippen molar-refractivity contribution < 1.29 is 14.3 Å². The second-order valence-electron chi connectivity index (χ2n) is 7.76. The molecule has 1 fully saturated rings. The summed E-state index contributed by atoms with van der Waals surface area (Å²) in [7, 11) is 1.59. The summed E-state index contributed by atoms with van der Waals surface area (Å²) in [4.78, 5) is 27.2. The molecule has 0 spiro atoms. The van der Waals surface area contributed by atoms with E-state index in [-0.39, 0.29) is 24.4 Å². The fourth-order valence-corrected chi connectivity index (χ4v) is 3.85. The fraction of sp³-hybridized carbons (Fsp3) is 0.417. The van der Waals surface area contributed by atoms with Gasteiger partial charge in [0, 0.05) is 6.54 Å². The number of ether oxygens (including phenoxy) is 1. The number of nitrogens with zero attached hydrogens (tertiary/aromatic N) is 1. The normalized spacial score (nSPS) is 16.3. The zero-order valence-corrected chi connectivity index (χ0v) is 17.8. The molecule has 1 unspecified atom stereocenters. The van der Waals surface area contributed by atoms with Crippen LogP contribution in [0, 0.1) is 6.92 Å². The molecule has 2 aromatic rings. The van der Waals surface area contributed by atoms with Crippen LogP contribution >= 0.6 is 0 Å². The quantitative estimate of drug-likeness (QED) is 0.624. The van der Waals surface area contributed by atoms with E-state index in [0.717, 1.165) is 37.8 Å². The molecule has 6 nitrogen and oxygen atoms in total. The maximum absolute atomic E-state index is 12.9. The predicted octanol–water partition coefficient (Wildman–Crippen LogP) is 3.16. The molecule has 160 valence electrons. The number of rotatable bonds is 9. The van der Waals surface area contributed by atoms with Gasteiger partial charge < -0.3 is 15.4 Å². The first-order valence-corrected chi connectivity index (χ1v) is 10.6. The molecule has 0 radical (unpaired) electrons. The summed E-state index contributed by atoms with van der Waals surface area (Å²) in [5.74, 6) is 0.513. The molecule has 0 bridgehead atoms. The van der Waals surface area contributed by atoms with E-state index < -0.39 is 0 Å². The third-order valence-electron chi connectivity index (χ3n) is 5.43. The third kappa shape index (κ3) is 6.07. The van der Waals surface area contributed by atoms with Crippen LogP contribution in [0.4, 0.5) is 5.69 Å². The Labute approximate surface area is 178 Å². The van der Waals surface area contributed by atoms with Crippen LogP contribution < -0.4 is 15.4 Å². The van der Waals surface area contributed by atoms with Crippen molar-refractivity contribution in [1.82, 2.24) is 10.2 Å². The van der Waals surface area contributed by atoms with Crippen molar-refractivity contribution in [2.75, 3.05) is 32.1 Å². The lowest BCUT2D eigenvalue weighted by Crippen LogP contribution is -2.45. The van der Waals surface area contributed by atoms with Crippen molar-refractivity contribution in [1.29, 1.82) is 0 Å². The molecule has 3 rings (SSSR count). The lowest BCUT2D eigenvalue weighted by Gasteiger charge is -2.23. The SMILES string of the molecule is COc1ccc(C)cc1NC(=O)C1CCCN1CC(=O)NCCCc1ccccc1. The number of likely N-dealkylation sites (tertiary alicyclic amines) is 1. The minimum Gasteiger partial charge on any atom is -0.495 e. The van der Waals surface area contributed by atoms with Gasteiger partial charge in [-0.25, -0.2) is 0 Å². The van der Waals surface area contributed by atoms with Crippen molar-refractivity contribution in [2.24, 2.45) is 0 Å². The number of methoxy groups -OCH3 is 1. The Balaban J connectivity index is 1.47. The summed E-state index contributed by atoms with van der Waals surface area (Å²) < 4.78 is 5.35. The van der Waals surface area contributed by atoms with Gasteiger partial charge in [-0.05, 0) is 62.4 Å². The molecular weight excluding hydrogens is 378 g/mol. The van der Waals surface area contributed by atoms with Gasteiger partial charge in [0.05, 0.1) is 25.4 Å². The van der Waals surface area contributed by atoms with Crippen LogP contribution in [0.2, 0.25) is 0 Å². The van der Waals surface area contributed by atoms with Crippen molar-refractivity contribution in [3.63, 3.8) is 0 Å². The maximum atomic E-state index is 12.9. The molecule has 6 heteroatoms. The number of carbonyl (C=O) groups excluding carboxylic acids is 2. The van der Waals surface area contributed by atoms with Gasteiger partial charge in [-0.15, -0.1) is 0 Å². The van der Waals surface area contributed by atoms with E-state index in [0.29, 0.717) is 18.0 Å². The molecule has 0 saturated carbocycles.